The van der Waals surface area contributed by atoms with E-state index in [0.29, 0.717) is 0 Å². The van der Waals surface area contributed by atoms with Gasteiger partial charge in [-0.05, 0) is 50.4 Å². The molecule has 22 heavy (non-hydrogen) atoms. The van der Waals surface area contributed by atoms with Gasteiger partial charge in [-0.1, -0.05) is 6.92 Å². The topological polar surface area (TPSA) is 62.7 Å². The number of aryl methyl sites for hydroxylation is 1. The first-order valence-corrected chi connectivity index (χ1v) is 8.08. The van der Waals surface area contributed by atoms with Gasteiger partial charge in [0.25, 0.3) is 0 Å². The zero-order chi connectivity index (χ0) is 15.2. The van der Waals surface area contributed by atoms with E-state index in [1.165, 1.54) is 12.8 Å². The Bertz CT molecular complexity index is 593. The molecule has 0 aromatic carbocycles. The van der Waals surface area contributed by atoms with Gasteiger partial charge in [0.15, 0.2) is 5.82 Å². The number of pyridine rings is 1. The van der Waals surface area contributed by atoms with Crippen LogP contribution in [0.4, 0.5) is 5.82 Å². The smallest absolute Gasteiger partial charge is 0.163 e. The fraction of sp³-hybridized carbons (Fsp3) is 0.471. The van der Waals surface area contributed by atoms with Crippen molar-refractivity contribution >= 4 is 5.82 Å². The van der Waals surface area contributed by atoms with E-state index in [0.717, 1.165) is 54.9 Å². The van der Waals surface area contributed by atoms with Crippen molar-refractivity contribution in [2.75, 3.05) is 25.0 Å². The number of hydrogen-bond donors (Lipinski definition) is 2. The summed E-state index contributed by atoms with van der Waals surface area (Å²) in [5.74, 6) is 2.40. The highest BCUT2D eigenvalue weighted by molar-refractivity contribution is 5.56. The van der Waals surface area contributed by atoms with Crippen molar-refractivity contribution < 1.29 is 0 Å². The number of piperidine rings is 1. The number of anilines is 1. The lowest BCUT2D eigenvalue weighted by molar-refractivity contribution is 0.389. The maximum absolute atomic E-state index is 4.66. The highest BCUT2D eigenvalue weighted by Crippen LogP contribution is 2.18. The number of nitrogens with one attached hydrogen (secondary N) is 2. The quantitative estimate of drug-likeness (QED) is 0.888. The SMILES string of the molecule is CCc1cc(NCC2CCNCC2)nc(-c2cccnc2)n1. The second kappa shape index (κ2) is 7.31. The maximum Gasteiger partial charge on any atom is 0.163 e. The third kappa shape index (κ3) is 3.80. The zero-order valence-electron chi connectivity index (χ0n) is 13.0. The summed E-state index contributed by atoms with van der Waals surface area (Å²) in [4.78, 5) is 13.4. The second-order valence-corrected chi connectivity index (χ2v) is 5.74. The lowest BCUT2D eigenvalue weighted by atomic mass is 9.98. The lowest BCUT2D eigenvalue weighted by Gasteiger charge is -2.23. The predicted octanol–water partition coefficient (Wildman–Crippen LogP) is 2.51. The molecule has 0 amide bonds. The third-order valence-electron chi connectivity index (χ3n) is 4.09. The molecule has 0 aliphatic carbocycles. The number of aromatic nitrogens is 3. The fourth-order valence-corrected chi connectivity index (χ4v) is 2.73. The normalized spacial score (nSPS) is 15.7. The molecule has 3 heterocycles. The highest BCUT2D eigenvalue weighted by atomic mass is 15.0. The van der Waals surface area contributed by atoms with E-state index >= 15 is 0 Å². The van der Waals surface area contributed by atoms with Gasteiger partial charge >= 0.3 is 0 Å². The molecule has 2 aromatic rings. The first-order chi connectivity index (χ1) is 10.8. The van der Waals surface area contributed by atoms with Gasteiger partial charge in [0.2, 0.25) is 0 Å². The van der Waals surface area contributed by atoms with Gasteiger partial charge in [0.05, 0.1) is 0 Å². The van der Waals surface area contributed by atoms with Gasteiger partial charge in [-0.15, -0.1) is 0 Å². The van der Waals surface area contributed by atoms with E-state index in [1.807, 2.05) is 18.3 Å². The summed E-state index contributed by atoms with van der Waals surface area (Å²) in [7, 11) is 0. The van der Waals surface area contributed by atoms with Gasteiger partial charge < -0.3 is 10.6 Å². The number of nitrogens with zero attached hydrogens (tertiary/aromatic N) is 3. The average molecular weight is 297 g/mol. The summed E-state index contributed by atoms with van der Waals surface area (Å²) in [6, 6.07) is 5.97. The summed E-state index contributed by atoms with van der Waals surface area (Å²) in [5, 5.41) is 6.90. The maximum atomic E-state index is 4.66. The summed E-state index contributed by atoms with van der Waals surface area (Å²) in [5.41, 5.74) is 2.02. The predicted molar refractivity (Wildman–Crippen MR) is 88.7 cm³/mol. The van der Waals surface area contributed by atoms with Crippen LogP contribution in [0.2, 0.25) is 0 Å². The molecule has 0 saturated carbocycles. The van der Waals surface area contributed by atoms with E-state index < -0.39 is 0 Å². The largest absolute Gasteiger partial charge is 0.370 e. The van der Waals surface area contributed by atoms with Crippen LogP contribution in [0, 0.1) is 5.92 Å². The van der Waals surface area contributed by atoms with Crippen molar-refractivity contribution in [3.8, 4) is 11.4 Å². The molecule has 116 valence electrons. The lowest BCUT2D eigenvalue weighted by Crippen LogP contribution is -2.31. The molecule has 3 rings (SSSR count). The minimum absolute atomic E-state index is 0.725. The van der Waals surface area contributed by atoms with Crippen molar-refractivity contribution in [3.63, 3.8) is 0 Å². The molecule has 0 atom stereocenters. The van der Waals surface area contributed by atoms with Crippen molar-refractivity contribution in [2.24, 2.45) is 5.92 Å². The van der Waals surface area contributed by atoms with Crippen LogP contribution in [-0.4, -0.2) is 34.6 Å². The van der Waals surface area contributed by atoms with Crippen molar-refractivity contribution in [1.29, 1.82) is 0 Å². The first-order valence-electron chi connectivity index (χ1n) is 8.08. The minimum Gasteiger partial charge on any atom is -0.370 e. The van der Waals surface area contributed by atoms with Crippen LogP contribution in [0.15, 0.2) is 30.6 Å². The van der Waals surface area contributed by atoms with Crippen molar-refractivity contribution in [2.45, 2.75) is 26.2 Å². The van der Waals surface area contributed by atoms with E-state index in [4.69, 9.17) is 0 Å². The van der Waals surface area contributed by atoms with Gasteiger partial charge in [0, 0.05) is 36.3 Å². The Balaban J connectivity index is 1.75. The van der Waals surface area contributed by atoms with E-state index in [9.17, 15) is 0 Å². The fourth-order valence-electron chi connectivity index (χ4n) is 2.73. The molecule has 1 aliphatic heterocycles. The standard InChI is InChI=1S/C17H23N5/c1-2-15-10-16(20-11-13-5-8-18-9-6-13)22-17(21-15)14-4-3-7-19-12-14/h3-4,7,10,12-13,18H,2,5-6,8-9,11H2,1H3,(H,20,21,22). The van der Waals surface area contributed by atoms with E-state index in [1.54, 1.807) is 6.20 Å². The highest BCUT2D eigenvalue weighted by Gasteiger charge is 2.13. The molecule has 1 fully saturated rings. The molecular weight excluding hydrogens is 274 g/mol. The Morgan fingerprint density at radius 3 is 2.86 bits per heavy atom. The van der Waals surface area contributed by atoms with Crippen LogP contribution >= 0.6 is 0 Å². The average Bonchev–Trinajstić information content (AvgIpc) is 2.61. The Morgan fingerprint density at radius 2 is 2.14 bits per heavy atom. The Kier molecular flexibility index (Phi) is 4.96. The summed E-state index contributed by atoms with van der Waals surface area (Å²) >= 11 is 0. The van der Waals surface area contributed by atoms with E-state index in [2.05, 4.69) is 38.6 Å². The Labute approximate surface area is 131 Å². The van der Waals surface area contributed by atoms with Gasteiger partial charge in [-0.25, -0.2) is 9.97 Å². The number of rotatable bonds is 5. The third-order valence-corrected chi connectivity index (χ3v) is 4.09. The van der Waals surface area contributed by atoms with Crippen molar-refractivity contribution in [1.82, 2.24) is 20.3 Å². The molecule has 5 heteroatoms. The number of hydrogen-bond acceptors (Lipinski definition) is 5. The molecule has 0 unspecified atom stereocenters. The molecule has 1 saturated heterocycles. The summed E-state index contributed by atoms with van der Waals surface area (Å²) in [6.45, 7) is 5.34. The van der Waals surface area contributed by atoms with E-state index in [-0.39, 0.29) is 0 Å². The molecule has 2 N–H and O–H groups in total. The van der Waals surface area contributed by atoms with Crippen LogP contribution < -0.4 is 10.6 Å². The van der Waals surface area contributed by atoms with Crippen LogP contribution in [0.5, 0.6) is 0 Å². The minimum atomic E-state index is 0.725. The monoisotopic (exact) mass is 297 g/mol. The Hall–Kier alpha value is -2.01. The van der Waals surface area contributed by atoms with Gasteiger partial charge in [0.1, 0.15) is 5.82 Å². The van der Waals surface area contributed by atoms with Crippen LogP contribution in [0.25, 0.3) is 11.4 Å². The van der Waals surface area contributed by atoms with Crippen LogP contribution in [0.1, 0.15) is 25.5 Å². The molecule has 5 nitrogen and oxygen atoms in total. The summed E-state index contributed by atoms with van der Waals surface area (Å²) in [6.07, 6.45) is 6.94. The molecule has 1 aliphatic rings. The molecular formula is C17H23N5. The van der Waals surface area contributed by atoms with Crippen LogP contribution in [-0.2, 0) is 6.42 Å². The zero-order valence-corrected chi connectivity index (χ0v) is 13.0. The van der Waals surface area contributed by atoms with Gasteiger partial charge in [-0.2, -0.15) is 0 Å². The van der Waals surface area contributed by atoms with Crippen LogP contribution in [0.3, 0.4) is 0 Å². The second-order valence-electron chi connectivity index (χ2n) is 5.74. The first kappa shape index (κ1) is 14.9. The van der Waals surface area contributed by atoms with Gasteiger partial charge in [-0.3, -0.25) is 4.98 Å². The summed E-state index contributed by atoms with van der Waals surface area (Å²) < 4.78 is 0. The molecule has 0 bridgehead atoms. The van der Waals surface area contributed by atoms with Crippen molar-refractivity contribution in [3.05, 3.63) is 36.3 Å². The molecule has 2 aromatic heterocycles. The molecule has 0 spiro atoms. The Morgan fingerprint density at radius 1 is 1.27 bits per heavy atom. The molecule has 0 radical (unpaired) electrons.